The molecule has 3 nitrogen and oxygen atoms in total. The zero-order valence-electron chi connectivity index (χ0n) is 11.4. The zero-order valence-corrected chi connectivity index (χ0v) is 11.4. The van der Waals surface area contributed by atoms with Gasteiger partial charge in [-0.1, -0.05) is 31.7 Å². The van der Waals surface area contributed by atoms with E-state index in [9.17, 15) is 9.65 Å². The Labute approximate surface area is 119 Å². The highest BCUT2D eigenvalue weighted by Gasteiger charge is 2.19. The first-order valence-electron chi connectivity index (χ1n) is 7.10. The summed E-state index contributed by atoms with van der Waals surface area (Å²) in [7, 11) is 0. The molecule has 2 rings (SSSR count). The molecule has 0 heterocycles. The van der Waals surface area contributed by atoms with Crippen LogP contribution in [0.5, 0.6) is 0 Å². The van der Waals surface area contributed by atoms with Crippen molar-refractivity contribution < 1.29 is 4.39 Å². The van der Waals surface area contributed by atoms with Gasteiger partial charge in [0.2, 0.25) is 0 Å². The molecule has 1 fully saturated rings. The molecule has 1 aliphatic carbocycles. The first kappa shape index (κ1) is 14.5. The lowest BCUT2D eigenvalue weighted by Gasteiger charge is -2.20. The van der Waals surface area contributed by atoms with Crippen LogP contribution >= 0.6 is 0 Å². The minimum Gasteiger partial charge on any atom is -0.295 e. The summed E-state index contributed by atoms with van der Waals surface area (Å²) >= 11 is 0. The molecular weight excluding hydrogens is 253 g/mol. The Morgan fingerprint density at radius 2 is 1.85 bits per heavy atom. The fourth-order valence-corrected chi connectivity index (χ4v) is 2.70. The zero-order chi connectivity index (χ0) is 14.4. The van der Waals surface area contributed by atoms with Crippen molar-refractivity contribution in [2.75, 3.05) is 0 Å². The molecule has 1 aliphatic rings. The van der Waals surface area contributed by atoms with Gasteiger partial charge in [-0.05, 0) is 30.5 Å². The highest BCUT2D eigenvalue weighted by atomic mass is 19.1. The Morgan fingerprint density at radius 1 is 1.15 bits per heavy atom. The van der Waals surface area contributed by atoms with Gasteiger partial charge in [0.15, 0.2) is 0 Å². The second kappa shape index (κ2) is 7.03. The molecule has 1 aromatic rings. The van der Waals surface area contributed by atoms with E-state index in [2.05, 4.69) is 11.4 Å². The number of hydrogen-bond donors (Lipinski definition) is 1. The predicted molar refractivity (Wildman–Crippen MR) is 74.1 cm³/mol. The van der Waals surface area contributed by atoms with E-state index in [1.807, 2.05) is 6.07 Å². The van der Waals surface area contributed by atoms with Crippen LogP contribution in [0.1, 0.15) is 55.7 Å². The van der Waals surface area contributed by atoms with Crippen molar-refractivity contribution in [2.24, 2.45) is 0 Å². The van der Waals surface area contributed by atoms with Gasteiger partial charge in [0.25, 0.3) is 0 Å². The maximum Gasteiger partial charge on any atom is 0.140 e. The van der Waals surface area contributed by atoms with E-state index in [0.717, 1.165) is 12.8 Å². The predicted octanol–water partition coefficient (Wildman–Crippen LogP) is 3.57. The number of nitrogens with zero attached hydrogens (tertiary/aromatic N) is 2. The number of nitrogens with one attached hydrogen (secondary N) is 1. The molecule has 20 heavy (non-hydrogen) atoms. The lowest BCUT2D eigenvalue weighted by atomic mass is 10.0. The van der Waals surface area contributed by atoms with E-state index < -0.39 is 11.9 Å². The third-order valence-corrected chi connectivity index (χ3v) is 3.83. The Hall–Kier alpha value is -1.91. The molecule has 0 spiro atoms. The summed E-state index contributed by atoms with van der Waals surface area (Å²) in [6, 6.07) is 8.18. The highest BCUT2D eigenvalue weighted by Crippen LogP contribution is 2.22. The molecule has 0 radical (unpaired) electrons. The van der Waals surface area contributed by atoms with Gasteiger partial charge in [0, 0.05) is 6.04 Å². The topological polar surface area (TPSA) is 59.6 Å². The van der Waals surface area contributed by atoms with Gasteiger partial charge in [0.05, 0.1) is 11.6 Å². The molecule has 4 heteroatoms. The van der Waals surface area contributed by atoms with Crippen LogP contribution in [0, 0.1) is 28.5 Å². The molecule has 0 amide bonds. The fraction of sp³-hybridized carbons (Fsp3) is 0.500. The quantitative estimate of drug-likeness (QED) is 0.855. The van der Waals surface area contributed by atoms with Crippen molar-refractivity contribution in [2.45, 2.75) is 50.6 Å². The lowest BCUT2D eigenvalue weighted by Crippen LogP contribution is -2.31. The summed E-state index contributed by atoms with van der Waals surface area (Å²) in [6.07, 6.45) is 7.02. The second-order valence-electron chi connectivity index (χ2n) is 5.27. The number of nitriles is 2. The van der Waals surface area contributed by atoms with E-state index in [1.54, 1.807) is 6.07 Å². The number of rotatable bonds is 3. The number of benzene rings is 1. The average Bonchev–Trinajstić information content (AvgIpc) is 2.74. The van der Waals surface area contributed by atoms with E-state index in [1.165, 1.54) is 37.8 Å². The largest absolute Gasteiger partial charge is 0.295 e. The van der Waals surface area contributed by atoms with Crippen LogP contribution in [0.15, 0.2) is 18.2 Å². The summed E-state index contributed by atoms with van der Waals surface area (Å²) in [6.45, 7) is 0. The summed E-state index contributed by atoms with van der Waals surface area (Å²) < 4.78 is 13.3. The van der Waals surface area contributed by atoms with Crippen molar-refractivity contribution in [3.8, 4) is 12.1 Å². The molecule has 0 bridgehead atoms. The Morgan fingerprint density at radius 3 is 2.45 bits per heavy atom. The van der Waals surface area contributed by atoms with Crippen molar-refractivity contribution in [3.63, 3.8) is 0 Å². The van der Waals surface area contributed by atoms with Crippen molar-refractivity contribution >= 4 is 0 Å². The number of halogens is 1. The van der Waals surface area contributed by atoms with E-state index >= 15 is 0 Å². The molecule has 0 saturated heterocycles. The summed E-state index contributed by atoms with van der Waals surface area (Å²) in [4.78, 5) is 0. The van der Waals surface area contributed by atoms with Crippen LogP contribution in [0.2, 0.25) is 0 Å². The maximum absolute atomic E-state index is 13.3. The molecule has 1 aromatic carbocycles. The van der Waals surface area contributed by atoms with Gasteiger partial charge >= 0.3 is 0 Å². The van der Waals surface area contributed by atoms with Gasteiger partial charge in [0.1, 0.15) is 17.9 Å². The summed E-state index contributed by atoms with van der Waals surface area (Å²) in [5.74, 6) is -0.539. The lowest BCUT2D eigenvalue weighted by molar-refractivity contribution is 0.436. The van der Waals surface area contributed by atoms with Gasteiger partial charge in [-0.2, -0.15) is 10.5 Å². The molecular formula is C16H18FN3. The fourth-order valence-electron chi connectivity index (χ4n) is 2.70. The van der Waals surface area contributed by atoms with Crippen LogP contribution in [-0.4, -0.2) is 6.04 Å². The molecule has 0 aromatic heterocycles. The smallest absolute Gasteiger partial charge is 0.140 e. The summed E-state index contributed by atoms with van der Waals surface area (Å²) in [5.41, 5.74) is 0.653. The molecule has 1 atom stereocenters. The van der Waals surface area contributed by atoms with Crippen molar-refractivity contribution in [3.05, 3.63) is 35.1 Å². The first-order valence-corrected chi connectivity index (χ1v) is 7.10. The molecule has 0 aliphatic heterocycles. The van der Waals surface area contributed by atoms with Gasteiger partial charge < -0.3 is 0 Å². The van der Waals surface area contributed by atoms with Crippen LogP contribution < -0.4 is 5.32 Å². The molecule has 1 unspecified atom stereocenters. The molecule has 1 N–H and O–H groups in total. The van der Waals surface area contributed by atoms with Gasteiger partial charge in [-0.25, -0.2) is 4.39 Å². The Bertz CT molecular complexity index is 534. The third kappa shape index (κ3) is 3.56. The van der Waals surface area contributed by atoms with Crippen LogP contribution in [-0.2, 0) is 0 Å². The normalized spacial score (nSPS) is 17.8. The van der Waals surface area contributed by atoms with Crippen molar-refractivity contribution in [1.29, 1.82) is 10.5 Å². The Balaban J connectivity index is 2.12. The highest BCUT2D eigenvalue weighted by molar-refractivity contribution is 5.37. The SMILES string of the molecule is N#Cc1cc(C(C#N)NC2CCCCCC2)ccc1F. The van der Waals surface area contributed by atoms with E-state index in [-0.39, 0.29) is 5.56 Å². The monoisotopic (exact) mass is 271 g/mol. The van der Waals surface area contributed by atoms with E-state index in [0.29, 0.717) is 11.6 Å². The van der Waals surface area contributed by atoms with Crippen LogP contribution in [0.25, 0.3) is 0 Å². The maximum atomic E-state index is 13.3. The number of hydrogen-bond acceptors (Lipinski definition) is 3. The average molecular weight is 271 g/mol. The standard InChI is InChI=1S/C16H18FN3/c17-15-8-7-12(9-13(15)10-18)16(11-19)20-14-5-3-1-2-4-6-14/h7-9,14,16,20H,1-6H2. The van der Waals surface area contributed by atoms with Crippen molar-refractivity contribution in [1.82, 2.24) is 5.32 Å². The minimum atomic E-state index is -0.539. The van der Waals surface area contributed by atoms with Gasteiger partial charge in [-0.15, -0.1) is 0 Å². The minimum absolute atomic E-state index is 0.00887. The van der Waals surface area contributed by atoms with Crippen LogP contribution in [0.3, 0.4) is 0 Å². The first-order chi connectivity index (χ1) is 9.74. The second-order valence-corrected chi connectivity index (χ2v) is 5.27. The van der Waals surface area contributed by atoms with E-state index in [4.69, 9.17) is 5.26 Å². The van der Waals surface area contributed by atoms with Gasteiger partial charge in [-0.3, -0.25) is 5.32 Å². The Kier molecular flexibility index (Phi) is 5.09. The molecule has 1 saturated carbocycles. The summed E-state index contributed by atoms with van der Waals surface area (Å²) in [5, 5.41) is 21.5. The molecule has 104 valence electrons. The third-order valence-electron chi connectivity index (χ3n) is 3.83. The van der Waals surface area contributed by atoms with Crippen LogP contribution in [0.4, 0.5) is 4.39 Å².